The Morgan fingerprint density at radius 3 is 2.56 bits per heavy atom. The van der Waals surface area contributed by atoms with E-state index in [1.54, 1.807) is 12.1 Å². The number of aromatic amines is 1. The molecule has 0 atom stereocenters. The van der Waals surface area contributed by atoms with E-state index < -0.39 is 11.7 Å². The zero-order valence-corrected chi connectivity index (χ0v) is 9.33. The number of alkyl halides is 3. The summed E-state index contributed by atoms with van der Waals surface area (Å²) >= 11 is 0. The van der Waals surface area contributed by atoms with Gasteiger partial charge in [0.1, 0.15) is 0 Å². The Bertz CT molecular complexity index is 534. The number of benzene rings is 1. The Morgan fingerprint density at radius 1 is 1.22 bits per heavy atom. The molecule has 0 unspecified atom stereocenters. The maximum Gasteiger partial charge on any atom is 0.416 e. The molecule has 0 aliphatic rings. The zero-order chi connectivity index (χ0) is 13.2. The van der Waals surface area contributed by atoms with Gasteiger partial charge in [-0.2, -0.15) is 18.3 Å². The first-order chi connectivity index (χ1) is 8.50. The molecule has 6 heteroatoms. The van der Waals surface area contributed by atoms with E-state index in [0.717, 1.165) is 6.07 Å². The van der Waals surface area contributed by atoms with Crippen LogP contribution in [0.25, 0.3) is 0 Å². The van der Waals surface area contributed by atoms with Crippen molar-refractivity contribution in [3.63, 3.8) is 0 Å². The van der Waals surface area contributed by atoms with Crippen LogP contribution in [0.1, 0.15) is 22.5 Å². The molecule has 0 spiro atoms. The second-order valence-corrected chi connectivity index (χ2v) is 3.87. The summed E-state index contributed by atoms with van der Waals surface area (Å²) in [4.78, 5) is 0. The maximum atomic E-state index is 12.8. The first-order valence-corrected chi connectivity index (χ1v) is 5.30. The van der Waals surface area contributed by atoms with Gasteiger partial charge in [0, 0.05) is 12.1 Å². The van der Waals surface area contributed by atoms with Crippen molar-refractivity contribution in [2.24, 2.45) is 0 Å². The van der Waals surface area contributed by atoms with E-state index in [1.165, 1.54) is 12.1 Å². The van der Waals surface area contributed by atoms with E-state index in [-0.39, 0.29) is 18.6 Å². The van der Waals surface area contributed by atoms with Crippen molar-refractivity contribution in [1.29, 1.82) is 0 Å². The monoisotopic (exact) mass is 256 g/mol. The van der Waals surface area contributed by atoms with Crippen molar-refractivity contribution in [1.82, 2.24) is 10.2 Å². The molecule has 2 N–H and O–H groups in total. The molecule has 0 amide bonds. The molecule has 2 rings (SSSR count). The summed E-state index contributed by atoms with van der Waals surface area (Å²) in [6.07, 6.45) is -4.26. The molecule has 1 aromatic heterocycles. The van der Waals surface area contributed by atoms with Crippen LogP contribution in [-0.2, 0) is 19.2 Å². The molecule has 96 valence electrons. The van der Waals surface area contributed by atoms with Gasteiger partial charge in [0.15, 0.2) is 0 Å². The van der Waals surface area contributed by atoms with Gasteiger partial charge in [-0.05, 0) is 17.7 Å². The smallest absolute Gasteiger partial charge is 0.390 e. The van der Waals surface area contributed by atoms with E-state index in [2.05, 4.69) is 10.2 Å². The molecule has 0 saturated carbocycles. The van der Waals surface area contributed by atoms with Gasteiger partial charge in [-0.3, -0.25) is 5.10 Å². The summed E-state index contributed by atoms with van der Waals surface area (Å²) in [6, 6.07) is 6.96. The number of halogens is 3. The van der Waals surface area contributed by atoms with Crippen molar-refractivity contribution < 1.29 is 18.3 Å². The largest absolute Gasteiger partial charge is 0.416 e. The van der Waals surface area contributed by atoms with Crippen LogP contribution >= 0.6 is 0 Å². The third-order valence-electron chi connectivity index (χ3n) is 2.55. The van der Waals surface area contributed by atoms with Crippen LogP contribution in [0.4, 0.5) is 13.2 Å². The molecule has 0 aliphatic carbocycles. The van der Waals surface area contributed by atoms with Crippen molar-refractivity contribution in [3.8, 4) is 0 Å². The number of nitrogens with zero attached hydrogens (tertiary/aromatic N) is 1. The van der Waals surface area contributed by atoms with E-state index in [1.807, 2.05) is 0 Å². The Hall–Kier alpha value is -1.82. The highest BCUT2D eigenvalue weighted by Crippen LogP contribution is 2.32. The fourth-order valence-corrected chi connectivity index (χ4v) is 1.74. The SMILES string of the molecule is OCc1cc(Cc2ccccc2C(F)(F)F)[nH]n1. The van der Waals surface area contributed by atoms with Crippen LogP contribution in [-0.4, -0.2) is 15.3 Å². The topological polar surface area (TPSA) is 48.9 Å². The van der Waals surface area contributed by atoms with Crippen molar-refractivity contribution >= 4 is 0 Å². The van der Waals surface area contributed by atoms with Crippen LogP contribution in [0.2, 0.25) is 0 Å². The Labute approximate surface area is 101 Å². The molecule has 0 radical (unpaired) electrons. The minimum Gasteiger partial charge on any atom is -0.390 e. The summed E-state index contributed by atoms with van der Waals surface area (Å²) in [6.45, 7) is -0.239. The highest BCUT2D eigenvalue weighted by Gasteiger charge is 2.32. The van der Waals surface area contributed by atoms with Crippen LogP contribution in [0.5, 0.6) is 0 Å². The molecular formula is C12H11F3N2O. The van der Waals surface area contributed by atoms with Crippen LogP contribution in [0.15, 0.2) is 30.3 Å². The Balaban J connectivity index is 2.29. The van der Waals surface area contributed by atoms with Crippen LogP contribution < -0.4 is 0 Å². The second kappa shape index (κ2) is 4.81. The highest BCUT2D eigenvalue weighted by molar-refractivity contribution is 5.33. The molecular weight excluding hydrogens is 245 g/mol. The number of hydrogen-bond donors (Lipinski definition) is 2. The Kier molecular flexibility index (Phi) is 3.38. The van der Waals surface area contributed by atoms with Crippen molar-refractivity contribution in [2.45, 2.75) is 19.2 Å². The van der Waals surface area contributed by atoms with Gasteiger partial charge in [-0.15, -0.1) is 0 Å². The molecule has 18 heavy (non-hydrogen) atoms. The quantitative estimate of drug-likeness (QED) is 0.886. The maximum absolute atomic E-state index is 12.8. The van der Waals surface area contributed by atoms with Crippen molar-refractivity contribution in [2.75, 3.05) is 0 Å². The summed E-state index contributed by atoms with van der Waals surface area (Å²) < 4.78 is 38.3. The van der Waals surface area contributed by atoms with Crippen molar-refractivity contribution in [3.05, 3.63) is 52.8 Å². The lowest BCUT2D eigenvalue weighted by molar-refractivity contribution is -0.138. The summed E-state index contributed by atoms with van der Waals surface area (Å²) in [5.41, 5.74) is 0.480. The number of aliphatic hydroxyl groups is 1. The first-order valence-electron chi connectivity index (χ1n) is 5.30. The standard InChI is InChI=1S/C12H11F3N2O/c13-12(14,15)11-4-2-1-3-8(11)5-9-6-10(7-18)17-16-9/h1-4,6,18H,5,7H2,(H,16,17). The highest BCUT2D eigenvalue weighted by atomic mass is 19.4. The van der Waals surface area contributed by atoms with E-state index >= 15 is 0 Å². The van der Waals surface area contributed by atoms with Crippen LogP contribution in [0, 0.1) is 0 Å². The number of H-pyrrole nitrogens is 1. The van der Waals surface area contributed by atoms with E-state index in [0.29, 0.717) is 11.4 Å². The number of hydrogen-bond acceptors (Lipinski definition) is 2. The van der Waals surface area contributed by atoms with Gasteiger partial charge in [-0.25, -0.2) is 0 Å². The number of aliphatic hydroxyl groups excluding tert-OH is 1. The third-order valence-corrected chi connectivity index (χ3v) is 2.55. The number of aromatic nitrogens is 2. The van der Waals surface area contributed by atoms with Gasteiger partial charge in [0.05, 0.1) is 17.9 Å². The summed E-state index contributed by atoms with van der Waals surface area (Å²) in [7, 11) is 0. The van der Waals surface area contributed by atoms with E-state index in [9.17, 15) is 13.2 Å². The average Bonchev–Trinajstić information content (AvgIpc) is 2.76. The van der Waals surface area contributed by atoms with Crippen LogP contribution in [0.3, 0.4) is 0 Å². The third kappa shape index (κ3) is 2.70. The predicted octanol–water partition coefficient (Wildman–Crippen LogP) is 2.51. The Morgan fingerprint density at radius 2 is 1.94 bits per heavy atom. The first kappa shape index (κ1) is 12.6. The van der Waals surface area contributed by atoms with Gasteiger partial charge < -0.3 is 5.11 Å². The molecule has 0 aliphatic heterocycles. The molecule has 0 saturated heterocycles. The molecule has 2 aromatic rings. The molecule has 1 aromatic carbocycles. The lowest BCUT2D eigenvalue weighted by Gasteiger charge is -2.11. The fourth-order valence-electron chi connectivity index (χ4n) is 1.74. The lowest BCUT2D eigenvalue weighted by Crippen LogP contribution is -2.09. The molecule has 0 bridgehead atoms. The fraction of sp³-hybridized carbons (Fsp3) is 0.250. The minimum atomic E-state index is -4.36. The van der Waals surface area contributed by atoms with E-state index in [4.69, 9.17) is 5.11 Å². The normalized spacial score (nSPS) is 11.8. The number of nitrogens with one attached hydrogen (secondary N) is 1. The lowest BCUT2D eigenvalue weighted by atomic mass is 10.0. The number of rotatable bonds is 3. The molecule has 3 nitrogen and oxygen atoms in total. The van der Waals surface area contributed by atoms with Gasteiger partial charge in [0.25, 0.3) is 0 Å². The average molecular weight is 256 g/mol. The minimum absolute atomic E-state index is 0.0999. The zero-order valence-electron chi connectivity index (χ0n) is 9.33. The summed E-state index contributed by atoms with van der Waals surface area (Å²) in [5.74, 6) is 0. The molecule has 1 heterocycles. The van der Waals surface area contributed by atoms with Gasteiger partial charge in [-0.1, -0.05) is 18.2 Å². The van der Waals surface area contributed by atoms with Gasteiger partial charge in [0.2, 0.25) is 0 Å². The predicted molar refractivity (Wildman–Crippen MR) is 58.8 cm³/mol. The van der Waals surface area contributed by atoms with Gasteiger partial charge >= 0.3 is 6.18 Å². The molecule has 0 fully saturated rings. The second-order valence-electron chi connectivity index (χ2n) is 3.87. The summed E-state index contributed by atoms with van der Waals surface area (Å²) in [5, 5.41) is 15.2.